The number of carbonyl (C=O) groups is 1. The molecule has 0 aromatic heterocycles. The summed E-state index contributed by atoms with van der Waals surface area (Å²) < 4.78 is 5.21. The van der Waals surface area contributed by atoms with Crippen molar-refractivity contribution in [3.63, 3.8) is 0 Å². The summed E-state index contributed by atoms with van der Waals surface area (Å²) in [5.74, 6) is -0.163. The monoisotopic (exact) mass is 295 g/mol. The first kappa shape index (κ1) is 17.5. The van der Waals surface area contributed by atoms with Gasteiger partial charge in [0.2, 0.25) is 0 Å². The standard InChI is InChI=1S/C16H25NO4/c1-4-11(2)15(16(19)20)17-10-9-13(18)12-7-5-6-8-14(12)21-3/h5-8,11,13,15,17-18H,4,9-10H2,1-3H3,(H,19,20). The largest absolute Gasteiger partial charge is 0.496 e. The Balaban J connectivity index is 2.56. The SMILES string of the molecule is CCC(C)C(NCCC(O)c1ccccc1OC)C(=O)O. The molecule has 0 radical (unpaired) electrons. The second kappa shape index (κ2) is 8.64. The van der Waals surface area contributed by atoms with E-state index < -0.39 is 18.1 Å². The fourth-order valence-corrected chi connectivity index (χ4v) is 2.24. The number of carboxylic acid groups (broad SMARTS) is 1. The molecule has 5 heteroatoms. The van der Waals surface area contributed by atoms with Crippen molar-refractivity contribution in [2.45, 2.75) is 38.8 Å². The van der Waals surface area contributed by atoms with Gasteiger partial charge >= 0.3 is 5.97 Å². The van der Waals surface area contributed by atoms with E-state index in [0.29, 0.717) is 18.7 Å². The molecule has 118 valence electrons. The fourth-order valence-electron chi connectivity index (χ4n) is 2.24. The highest BCUT2D eigenvalue weighted by molar-refractivity contribution is 5.73. The molecule has 0 aliphatic heterocycles. The lowest BCUT2D eigenvalue weighted by Crippen LogP contribution is -2.42. The van der Waals surface area contributed by atoms with Gasteiger partial charge in [0.05, 0.1) is 13.2 Å². The second-order valence-electron chi connectivity index (χ2n) is 5.20. The molecule has 0 aliphatic carbocycles. The van der Waals surface area contributed by atoms with E-state index in [9.17, 15) is 15.0 Å². The van der Waals surface area contributed by atoms with E-state index in [0.717, 1.165) is 12.0 Å². The van der Waals surface area contributed by atoms with E-state index in [4.69, 9.17) is 4.74 Å². The highest BCUT2D eigenvalue weighted by Crippen LogP contribution is 2.26. The number of hydrogen-bond donors (Lipinski definition) is 3. The number of aliphatic hydroxyl groups excluding tert-OH is 1. The lowest BCUT2D eigenvalue weighted by atomic mass is 9.99. The van der Waals surface area contributed by atoms with Crippen molar-refractivity contribution in [1.29, 1.82) is 0 Å². The quantitative estimate of drug-likeness (QED) is 0.651. The molecule has 3 atom stereocenters. The zero-order chi connectivity index (χ0) is 15.8. The summed E-state index contributed by atoms with van der Waals surface area (Å²) in [4.78, 5) is 11.2. The van der Waals surface area contributed by atoms with Gasteiger partial charge in [-0.05, 0) is 24.9 Å². The molecular weight excluding hydrogens is 270 g/mol. The van der Waals surface area contributed by atoms with Crippen molar-refractivity contribution in [1.82, 2.24) is 5.32 Å². The van der Waals surface area contributed by atoms with Crippen molar-refractivity contribution < 1.29 is 19.7 Å². The minimum absolute atomic E-state index is 0.0471. The Kier molecular flexibility index (Phi) is 7.19. The predicted molar refractivity (Wildman–Crippen MR) is 81.5 cm³/mol. The van der Waals surface area contributed by atoms with Gasteiger partial charge in [-0.25, -0.2) is 0 Å². The van der Waals surface area contributed by atoms with E-state index in [1.165, 1.54) is 0 Å². The number of hydrogen-bond acceptors (Lipinski definition) is 4. The summed E-state index contributed by atoms with van der Waals surface area (Å²) in [5.41, 5.74) is 0.720. The van der Waals surface area contributed by atoms with Crippen LogP contribution in [0.25, 0.3) is 0 Å². The zero-order valence-corrected chi connectivity index (χ0v) is 12.9. The summed E-state index contributed by atoms with van der Waals surface area (Å²) in [5, 5.41) is 22.4. The first-order valence-corrected chi connectivity index (χ1v) is 7.28. The van der Waals surface area contributed by atoms with Gasteiger partial charge in [0.25, 0.3) is 0 Å². The predicted octanol–water partition coefficient (Wildman–Crippen LogP) is 2.21. The number of rotatable bonds is 9. The van der Waals surface area contributed by atoms with Crippen LogP contribution in [0.2, 0.25) is 0 Å². The summed E-state index contributed by atoms with van der Waals surface area (Å²) >= 11 is 0. The zero-order valence-electron chi connectivity index (χ0n) is 12.9. The number of benzene rings is 1. The van der Waals surface area contributed by atoms with Crippen LogP contribution in [-0.2, 0) is 4.79 Å². The van der Waals surface area contributed by atoms with Crippen LogP contribution in [0, 0.1) is 5.92 Å². The number of aliphatic carboxylic acids is 1. The number of carboxylic acids is 1. The smallest absolute Gasteiger partial charge is 0.320 e. The number of para-hydroxylation sites is 1. The first-order valence-electron chi connectivity index (χ1n) is 7.28. The summed E-state index contributed by atoms with van der Waals surface area (Å²) in [7, 11) is 1.56. The van der Waals surface area contributed by atoms with Gasteiger partial charge in [0, 0.05) is 5.56 Å². The van der Waals surface area contributed by atoms with Crippen molar-refractivity contribution in [3.8, 4) is 5.75 Å². The average molecular weight is 295 g/mol. The molecule has 0 saturated heterocycles. The van der Waals surface area contributed by atoms with Crippen molar-refractivity contribution in [3.05, 3.63) is 29.8 Å². The second-order valence-corrected chi connectivity index (χ2v) is 5.20. The van der Waals surface area contributed by atoms with Crippen LogP contribution in [0.15, 0.2) is 24.3 Å². The van der Waals surface area contributed by atoms with Crippen LogP contribution in [0.1, 0.15) is 38.4 Å². The van der Waals surface area contributed by atoms with E-state index in [1.807, 2.05) is 32.0 Å². The Morgan fingerprint density at radius 2 is 2.05 bits per heavy atom. The number of nitrogens with one attached hydrogen (secondary N) is 1. The van der Waals surface area contributed by atoms with Gasteiger partial charge < -0.3 is 20.3 Å². The van der Waals surface area contributed by atoms with Crippen LogP contribution in [0.5, 0.6) is 5.75 Å². The Bertz CT molecular complexity index is 450. The fraction of sp³-hybridized carbons (Fsp3) is 0.562. The molecule has 1 aromatic rings. The molecule has 5 nitrogen and oxygen atoms in total. The third-order valence-corrected chi connectivity index (χ3v) is 3.76. The van der Waals surface area contributed by atoms with Gasteiger partial charge in [-0.15, -0.1) is 0 Å². The van der Waals surface area contributed by atoms with Crippen LogP contribution in [0.4, 0.5) is 0 Å². The summed E-state index contributed by atoms with van der Waals surface area (Å²) in [6.45, 7) is 4.30. The average Bonchev–Trinajstić information content (AvgIpc) is 2.50. The minimum atomic E-state index is -0.851. The number of aliphatic hydroxyl groups is 1. The van der Waals surface area contributed by atoms with Gasteiger partial charge in [-0.3, -0.25) is 4.79 Å². The number of ether oxygens (including phenoxy) is 1. The first-order chi connectivity index (χ1) is 10.0. The van der Waals surface area contributed by atoms with Gasteiger partial charge in [-0.2, -0.15) is 0 Å². The minimum Gasteiger partial charge on any atom is -0.496 e. The molecule has 0 aliphatic rings. The van der Waals surface area contributed by atoms with Crippen molar-refractivity contribution in [2.75, 3.05) is 13.7 Å². The van der Waals surface area contributed by atoms with Crippen molar-refractivity contribution in [2.24, 2.45) is 5.92 Å². The highest BCUT2D eigenvalue weighted by atomic mass is 16.5. The molecule has 1 rings (SSSR count). The van der Waals surface area contributed by atoms with Gasteiger partial charge in [-0.1, -0.05) is 38.5 Å². The lowest BCUT2D eigenvalue weighted by molar-refractivity contribution is -0.140. The third kappa shape index (κ3) is 5.02. The lowest BCUT2D eigenvalue weighted by Gasteiger charge is -2.21. The van der Waals surface area contributed by atoms with Gasteiger partial charge in [0.1, 0.15) is 11.8 Å². The molecule has 0 spiro atoms. The molecule has 3 N–H and O–H groups in total. The Hall–Kier alpha value is -1.59. The maximum absolute atomic E-state index is 11.2. The van der Waals surface area contributed by atoms with E-state index in [-0.39, 0.29) is 5.92 Å². The van der Waals surface area contributed by atoms with Crippen LogP contribution >= 0.6 is 0 Å². The molecule has 0 bridgehead atoms. The number of methoxy groups -OCH3 is 1. The molecule has 21 heavy (non-hydrogen) atoms. The Labute approximate surface area is 125 Å². The van der Waals surface area contributed by atoms with Gasteiger partial charge in [0.15, 0.2) is 0 Å². The van der Waals surface area contributed by atoms with Crippen molar-refractivity contribution >= 4 is 5.97 Å². The maximum Gasteiger partial charge on any atom is 0.320 e. The maximum atomic E-state index is 11.2. The van der Waals surface area contributed by atoms with E-state index in [2.05, 4.69) is 5.32 Å². The molecule has 3 unspecified atom stereocenters. The molecular formula is C16H25NO4. The van der Waals surface area contributed by atoms with Crippen LogP contribution in [0.3, 0.4) is 0 Å². The molecule has 1 aromatic carbocycles. The molecule has 0 amide bonds. The summed E-state index contributed by atoms with van der Waals surface area (Å²) in [6.07, 6.45) is 0.541. The Morgan fingerprint density at radius 1 is 1.38 bits per heavy atom. The molecule has 0 fully saturated rings. The van der Waals surface area contributed by atoms with E-state index in [1.54, 1.807) is 13.2 Å². The third-order valence-electron chi connectivity index (χ3n) is 3.76. The topological polar surface area (TPSA) is 78.8 Å². The Morgan fingerprint density at radius 3 is 2.62 bits per heavy atom. The summed E-state index contributed by atoms with van der Waals surface area (Å²) in [6, 6.07) is 6.71. The van der Waals surface area contributed by atoms with Crippen LogP contribution < -0.4 is 10.1 Å². The normalized spacial score (nSPS) is 15.2. The highest BCUT2D eigenvalue weighted by Gasteiger charge is 2.23. The van der Waals surface area contributed by atoms with E-state index >= 15 is 0 Å². The molecule has 0 heterocycles. The molecule has 0 saturated carbocycles. The van der Waals surface area contributed by atoms with Crippen LogP contribution in [-0.4, -0.2) is 35.9 Å².